The molecule has 0 aromatic heterocycles. The first-order valence-corrected chi connectivity index (χ1v) is 14.9. The van der Waals surface area contributed by atoms with E-state index in [1.54, 1.807) is 0 Å². The summed E-state index contributed by atoms with van der Waals surface area (Å²) >= 11 is 1.97. The predicted octanol–water partition coefficient (Wildman–Crippen LogP) is 2.82. The lowest BCUT2D eigenvalue weighted by atomic mass is 10.0. The summed E-state index contributed by atoms with van der Waals surface area (Å²) in [5.74, 6) is 3.46. The first-order chi connectivity index (χ1) is 18.2. The minimum atomic E-state index is 0.0652. The minimum Gasteiger partial charge on any atom is -0.377 e. The van der Waals surface area contributed by atoms with Gasteiger partial charge in [-0.3, -0.25) is 4.79 Å². The summed E-state index contributed by atoms with van der Waals surface area (Å²) in [5.41, 5.74) is 0. The Balaban J connectivity index is 1.41. The highest BCUT2D eigenvalue weighted by molar-refractivity contribution is 8.00. The van der Waals surface area contributed by atoms with Gasteiger partial charge in [-0.05, 0) is 19.3 Å². The molecule has 0 aromatic carbocycles. The lowest BCUT2D eigenvalue weighted by Crippen LogP contribution is -2.41. The van der Waals surface area contributed by atoms with Gasteiger partial charge in [0.05, 0.1) is 58.3 Å². The highest BCUT2D eigenvalue weighted by Crippen LogP contribution is 2.37. The number of amides is 3. The number of ether oxygens (including phenoxy) is 4. The molecule has 37 heavy (non-hydrogen) atoms. The molecule has 10 heteroatoms. The Morgan fingerprint density at radius 1 is 1.03 bits per heavy atom. The number of nitrogens with zero attached hydrogens (tertiary/aromatic N) is 1. The van der Waals surface area contributed by atoms with Gasteiger partial charge in [0.15, 0.2) is 0 Å². The molecule has 0 spiro atoms. The van der Waals surface area contributed by atoms with Crippen LogP contribution in [0.5, 0.6) is 0 Å². The van der Waals surface area contributed by atoms with Crippen LogP contribution in [0.4, 0.5) is 4.79 Å². The van der Waals surface area contributed by atoms with Crippen LogP contribution >= 0.6 is 11.8 Å². The molecule has 0 saturated carbocycles. The van der Waals surface area contributed by atoms with Gasteiger partial charge in [0.1, 0.15) is 6.61 Å². The normalized spacial score (nSPS) is 20.6. The lowest BCUT2D eigenvalue weighted by Gasteiger charge is -2.27. The Morgan fingerprint density at radius 2 is 1.73 bits per heavy atom. The first kappa shape index (κ1) is 31.7. The third-order valence-corrected chi connectivity index (χ3v) is 7.97. The maximum absolute atomic E-state index is 12.4. The molecule has 2 heterocycles. The zero-order chi connectivity index (χ0) is 26.6. The van der Waals surface area contributed by atoms with Crippen LogP contribution in [0.3, 0.4) is 0 Å². The van der Waals surface area contributed by atoms with E-state index in [0.29, 0.717) is 77.1 Å². The van der Waals surface area contributed by atoms with Gasteiger partial charge in [-0.2, -0.15) is 11.8 Å². The third-order valence-electron chi connectivity index (χ3n) is 6.48. The molecular formula is C27H47N3O6S. The summed E-state index contributed by atoms with van der Waals surface area (Å²) < 4.78 is 21.4. The molecule has 0 aromatic rings. The number of carbonyl (C=O) groups is 2. The van der Waals surface area contributed by atoms with Crippen molar-refractivity contribution in [3.05, 3.63) is 0 Å². The van der Waals surface area contributed by atoms with Crippen LogP contribution in [0.2, 0.25) is 0 Å². The summed E-state index contributed by atoms with van der Waals surface area (Å²) in [6, 6.07) is 0.693. The largest absolute Gasteiger partial charge is 0.377 e. The summed E-state index contributed by atoms with van der Waals surface area (Å²) in [5, 5.41) is 6.56. The topological polar surface area (TPSA) is 98.4 Å². The molecule has 0 aliphatic carbocycles. The smallest absolute Gasteiger partial charge is 0.318 e. The number of unbranched alkanes of at least 4 members (excludes halogenated alkanes) is 4. The van der Waals surface area contributed by atoms with E-state index in [9.17, 15) is 9.59 Å². The molecule has 0 bridgehead atoms. The molecule has 212 valence electrons. The predicted molar refractivity (Wildman–Crippen MR) is 147 cm³/mol. The molecule has 9 nitrogen and oxygen atoms in total. The van der Waals surface area contributed by atoms with Gasteiger partial charge in [-0.15, -0.1) is 6.42 Å². The molecule has 0 radical (unpaired) electrons. The minimum absolute atomic E-state index is 0.0652. The van der Waals surface area contributed by atoms with Crippen molar-refractivity contribution in [3.8, 4) is 12.3 Å². The molecule has 3 atom stereocenters. The number of hydrogen-bond acceptors (Lipinski definition) is 7. The van der Waals surface area contributed by atoms with Crippen LogP contribution in [0.15, 0.2) is 0 Å². The lowest BCUT2D eigenvalue weighted by molar-refractivity contribution is -0.121. The monoisotopic (exact) mass is 541 g/mol. The fraction of sp³-hybridized carbons (Fsp3) is 0.852. The summed E-state index contributed by atoms with van der Waals surface area (Å²) in [6.07, 6.45) is 13.2. The van der Waals surface area contributed by atoms with E-state index in [0.717, 1.165) is 38.0 Å². The number of fused-ring (bicyclic) bond motifs is 1. The van der Waals surface area contributed by atoms with Gasteiger partial charge < -0.3 is 34.5 Å². The Labute approximate surface area is 227 Å². The van der Waals surface area contributed by atoms with Crippen molar-refractivity contribution in [2.75, 3.05) is 71.7 Å². The number of nitrogens with one attached hydrogen (secondary N) is 2. The highest BCUT2D eigenvalue weighted by Gasteiger charge is 2.47. The van der Waals surface area contributed by atoms with Crippen LogP contribution in [-0.2, 0) is 23.7 Å². The van der Waals surface area contributed by atoms with Crippen LogP contribution in [0.25, 0.3) is 0 Å². The van der Waals surface area contributed by atoms with E-state index in [2.05, 4.69) is 28.4 Å². The molecule has 0 unspecified atom stereocenters. The number of carbonyl (C=O) groups excluding carboxylic acids is 2. The summed E-state index contributed by atoms with van der Waals surface area (Å²) in [7, 11) is 0. The second-order valence-electron chi connectivity index (χ2n) is 9.36. The van der Waals surface area contributed by atoms with Crippen molar-refractivity contribution in [1.82, 2.24) is 15.5 Å². The summed E-state index contributed by atoms with van der Waals surface area (Å²) in [6.45, 7) is 7.29. The Bertz CT molecular complexity index is 677. The van der Waals surface area contributed by atoms with E-state index in [-0.39, 0.29) is 18.0 Å². The van der Waals surface area contributed by atoms with Gasteiger partial charge in [0, 0.05) is 30.5 Å². The zero-order valence-corrected chi connectivity index (χ0v) is 23.4. The van der Waals surface area contributed by atoms with Crippen molar-refractivity contribution < 1.29 is 28.5 Å². The molecular weight excluding hydrogens is 494 g/mol. The Kier molecular flexibility index (Phi) is 17.5. The number of thioether (sulfide) groups is 1. The van der Waals surface area contributed by atoms with Crippen LogP contribution in [0, 0.1) is 12.3 Å². The second-order valence-corrected chi connectivity index (χ2v) is 10.6. The van der Waals surface area contributed by atoms with Gasteiger partial charge in [-0.25, -0.2) is 4.79 Å². The number of hydrogen-bond donors (Lipinski definition) is 2. The van der Waals surface area contributed by atoms with Crippen LogP contribution in [-0.4, -0.2) is 106 Å². The van der Waals surface area contributed by atoms with E-state index in [4.69, 9.17) is 25.4 Å². The highest BCUT2D eigenvalue weighted by atomic mass is 32.2. The molecule has 2 rings (SSSR count). The molecule has 2 fully saturated rings. The van der Waals surface area contributed by atoms with Crippen LogP contribution < -0.4 is 10.6 Å². The molecule has 2 aliphatic rings. The zero-order valence-electron chi connectivity index (χ0n) is 22.5. The Hall–Kier alpha value is -1.51. The maximum Gasteiger partial charge on any atom is 0.318 e. The van der Waals surface area contributed by atoms with Gasteiger partial charge in [-0.1, -0.05) is 38.5 Å². The average Bonchev–Trinajstić information content (AvgIpc) is 3.42. The maximum atomic E-state index is 12.4. The molecule has 2 saturated heterocycles. The number of terminal acetylenes is 1. The second kappa shape index (κ2) is 20.5. The van der Waals surface area contributed by atoms with Crippen molar-refractivity contribution in [3.63, 3.8) is 0 Å². The molecule has 2 N–H and O–H groups in total. The molecule has 2 aliphatic heterocycles. The van der Waals surface area contributed by atoms with Gasteiger partial charge in [0.2, 0.25) is 5.91 Å². The average molecular weight is 542 g/mol. The number of rotatable bonds is 23. The van der Waals surface area contributed by atoms with E-state index >= 15 is 0 Å². The third kappa shape index (κ3) is 13.2. The van der Waals surface area contributed by atoms with Crippen LogP contribution in [0.1, 0.15) is 58.3 Å². The van der Waals surface area contributed by atoms with E-state index in [1.807, 2.05) is 11.8 Å². The van der Waals surface area contributed by atoms with Crippen molar-refractivity contribution >= 4 is 23.7 Å². The Morgan fingerprint density at radius 3 is 2.43 bits per heavy atom. The number of urea groups is 1. The summed E-state index contributed by atoms with van der Waals surface area (Å²) in [4.78, 5) is 26.6. The van der Waals surface area contributed by atoms with Crippen molar-refractivity contribution in [2.45, 2.75) is 75.6 Å². The first-order valence-electron chi connectivity index (χ1n) is 13.9. The van der Waals surface area contributed by atoms with E-state index < -0.39 is 0 Å². The quantitative estimate of drug-likeness (QED) is 0.117. The fourth-order valence-corrected chi connectivity index (χ4v) is 6.19. The van der Waals surface area contributed by atoms with E-state index in [1.165, 1.54) is 19.3 Å². The van der Waals surface area contributed by atoms with Gasteiger partial charge in [0.25, 0.3) is 0 Å². The standard InChI is InChI=1S/C27H47N3O6S/c1-3-5-6-9-13-30-26-23(29-27(30)32)22-37-24(26)10-7-8-11-25(31)28-12-15-34-17-19-36-21-20-35-18-16-33-14-4-2/h2,23-24,26H,3,5-22H2,1H3,(H,28,31)(H,29,32)/t23-,24-,26-/m0/s1. The van der Waals surface area contributed by atoms with Crippen molar-refractivity contribution in [2.24, 2.45) is 0 Å². The molecule has 3 amide bonds. The SMILES string of the molecule is C#CCOCCOCCOCCOCCNC(=O)CCCC[C@@H]1SC[C@@H]2NC(=O)N(CCCCCC)[C@@H]21. The van der Waals surface area contributed by atoms with Crippen molar-refractivity contribution in [1.29, 1.82) is 0 Å². The fourth-order valence-electron chi connectivity index (χ4n) is 4.59. The van der Waals surface area contributed by atoms with Gasteiger partial charge >= 0.3 is 6.03 Å².